The molecule has 0 saturated heterocycles. The first-order chi connectivity index (χ1) is 15.2. The number of hydrogen-bond donors (Lipinski definition) is 3. The maximum Gasteiger partial charge on any atom is 0.412 e. The molecule has 1 amide bonds. The van der Waals surface area contributed by atoms with Gasteiger partial charge in [-0.25, -0.2) is 9.78 Å². The molecule has 9 heteroatoms. The molecule has 0 aliphatic heterocycles. The van der Waals surface area contributed by atoms with Crippen molar-refractivity contribution in [2.45, 2.75) is 31.3 Å². The van der Waals surface area contributed by atoms with Gasteiger partial charge in [-0.3, -0.25) is 5.32 Å². The molecule has 3 aromatic rings. The van der Waals surface area contributed by atoms with E-state index in [0.29, 0.717) is 17.5 Å². The molecule has 0 unspecified atom stereocenters. The molecule has 1 aromatic heterocycles. The van der Waals surface area contributed by atoms with Crippen molar-refractivity contribution in [2.75, 3.05) is 29.3 Å². The minimum Gasteiger partial charge on any atom is -0.497 e. The quantitative estimate of drug-likeness (QED) is 0.373. The van der Waals surface area contributed by atoms with Crippen molar-refractivity contribution in [1.29, 1.82) is 0 Å². The molecule has 32 heavy (non-hydrogen) atoms. The van der Waals surface area contributed by atoms with Crippen LogP contribution in [0.5, 0.6) is 5.75 Å². The van der Waals surface area contributed by atoms with Gasteiger partial charge in [-0.2, -0.15) is 4.98 Å². The fourth-order valence-corrected chi connectivity index (χ4v) is 3.18. The molecule has 0 fully saturated rings. The summed E-state index contributed by atoms with van der Waals surface area (Å²) in [6.07, 6.45) is 3.19. The Balaban J connectivity index is 1.65. The van der Waals surface area contributed by atoms with E-state index in [9.17, 15) is 4.79 Å². The predicted octanol–water partition coefficient (Wildman–Crippen LogP) is 6.04. The smallest absolute Gasteiger partial charge is 0.412 e. The van der Waals surface area contributed by atoms with Crippen molar-refractivity contribution in [1.82, 2.24) is 9.97 Å². The van der Waals surface area contributed by atoms with Gasteiger partial charge in [0.05, 0.1) is 7.11 Å². The van der Waals surface area contributed by atoms with E-state index in [1.807, 2.05) is 57.4 Å². The van der Waals surface area contributed by atoms with E-state index in [-0.39, 0.29) is 0 Å². The van der Waals surface area contributed by atoms with Crippen molar-refractivity contribution < 1.29 is 14.3 Å². The van der Waals surface area contributed by atoms with Crippen LogP contribution in [0.1, 0.15) is 20.8 Å². The Kier molecular flexibility index (Phi) is 7.42. The molecule has 0 spiro atoms. The Hall–Kier alpha value is -3.46. The molecular formula is C23H27N5O3S. The van der Waals surface area contributed by atoms with E-state index >= 15 is 0 Å². The van der Waals surface area contributed by atoms with Crippen LogP contribution in [-0.4, -0.2) is 35.0 Å². The standard InChI is InChI=1S/C23H27N5O3S/c1-23(2,3)31-22(29)27-16-8-6-15(7-9-16)25-20-10-11-24-21(28-20)26-17-12-18(30-4)14-19(13-17)32-5/h6-14H,1-5H3,(H,27,29)(H2,24,25,26,28). The van der Waals surface area contributed by atoms with Gasteiger partial charge in [0.15, 0.2) is 0 Å². The average Bonchev–Trinajstić information content (AvgIpc) is 2.73. The number of carbonyl (C=O) groups is 1. The highest BCUT2D eigenvalue weighted by molar-refractivity contribution is 7.98. The van der Waals surface area contributed by atoms with Gasteiger partial charge in [0.2, 0.25) is 5.95 Å². The van der Waals surface area contributed by atoms with Gasteiger partial charge in [0.25, 0.3) is 0 Å². The summed E-state index contributed by atoms with van der Waals surface area (Å²) in [5.41, 5.74) is 1.74. The van der Waals surface area contributed by atoms with Gasteiger partial charge in [0, 0.05) is 34.2 Å². The first kappa shape index (κ1) is 23.2. The lowest BCUT2D eigenvalue weighted by Crippen LogP contribution is -2.27. The number of thioether (sulfide) groups is 1. The molecule has 0 saturated carbocycles. The summed E-state index contributed by atoms with van der Waals surface area (Å²) in [5, 5.41) is 9.15. The number of hydrogen-bond acceptors (Lipinski definition) is 8. The summed E-state index contributed by atoms with van der Waals surface area (Å²) in [7, 11) is 1.64. The molecule has 0 atom stereocenters. The summed E-state index contributed by atoms with van der Waals surface area (Å²) >= 11 is 1.63. The van der Waals surface area contributed by atoms with Crippen LogP contribution in [0.15, 0.2) is 59.6 Å². The van der Waals surface area contributed by atoms with E-state index in [1.54, 1.807) is 43.3 Å². The number of nitrogens with zero attached hydrogens (tertiary/aromatic N) is 2. The summed E-state index contributed by atoms with van der Waals surface area (Å²) in [5.74, 6) is 1.84. The first-order valence-electron chi connectivity index (χ1n) is 9.94. The second kappa shape index (κ2) is 10.2. The first-order valence-corrected chi connectivity index (χ1v) is 11.2. The van der Waals surface area contributed by atoms with E-state index in [0.717, 1.165) is 22.0 Å². The van der Waals surface area contributed by atoms with Crippen molar-refractivity contribution >= 4 is 46.7 Å². The summed E-state index contributed by atoms with van der Waals surface area (Å²) in [4.78, 5) is 21.8. The third-order valence-electron chi connectivity index (χ3n) is 4.07. The molecule has 3 rings (SSSR count). The summed E-state index contributed by atoms with van der Waals surface area (Å²) < 4.78 is 10.6. The molecule has 0 aliphatic carbocycles. The van der Waals surface area contributed by atoms with Gasteiger partial charge in [-0.05, 0) is 69.5 Å². The normalized spacial score (nSPS) is 10.9. The Labute approximate surface area is 192 Å². The van der Waals surface area contributed by atoms with E-state index in [4.69, 9.17) is 9.47 Å². The second-order valence-corrected chi connectivity index (χ2v) is 8.70. The van der Waals surface area contributed by atoms with Gasteiger partial charge in [-0.15, -0.1) is 11.8 Å². The average molecular weight is 454 g/mol. The molecule has 0 bridgehead atoms. The van der Waals surface area contributed by atoms with Crippen molar-refractivity contribution in [2.24, 2.45) is 0 Å². The van der Waals surface area contributed by atoms with E-state index in [2.05, 4.69) is 25.9 Å². The number of carbonyl (C=O) groups excluding carboxylic acids is 1. The van der Waals surface area contributed by atoms with Gasteiger partial charge in [-0.1, -0.05) is 0 Å². The minimum atomic E-state index is -0.549. The van der Waals surface area contributed by atoms with E-state index in [1.165, 1.54) is 0 Å². The Morgan fingerprint density at radius 3 is 2.34 bits per heavy atom. The molecule has 168 valence electrons. The zero-order valence-electron chi connectivity index (χ0n) is 18.7. The number of nitrogens with one attached hydrogen (secondary N) is 3. The highest BCUT2D eigenvalue weighted by Gasteiger charge is 2.16. The SMILES string of the molecule is COc1cc(Nc2nccc(Nc3ccc(NC(=O)OC(C)(C)C)cc3)n2)cc(SC)c1. The van der Waals surface area contributed by atoms with Crippen LogP contribution in [0.4, 0.5) is 33.6 Å². The van der Waals surface area contributed by atoms with Crippen LogP contribution in [0.2, 0.25) is 0 Å². The predicted molar refractivity (Wildman–Crippen MR) is 130 cm³/mol. The highest BCUT2D eigenvalue weighted by Crippen LogP contribution is 2.28. The van der Waals surface area contributed by atoms with Crippen LogP contribution in [0.25, 0.3) is 0 Å². The van der Waals surface area contributed by atoms with E-state index < -0.39 is 11.7 Å². The Morgan fingerprint density at radius 2 is 1.69 bits per heavy atom. The van der Waals surface area contributed by atoms with Crippen molar-refractivity contribution in [3.63, 3.8) is 0 Å². The van der Waals surface area contributed by atoms with Crippen LogP contribution in [0, 0.1) is 0 Å². The molecule has 2 aromatic carbocycles. The number of methoxy groups -OCH3 is 1. The van der Waals surface area contributed by atoms with Gasteiger partial charge < -0.3 is 20.1 Å². The molecule has 8 nitrogen and oxygen atoms in total. The monoisotopic (exact) mass is 453 g/mol. The number of amides is 1. The second-order valence-electron chi connectivity index (χ2n) is 7.82. The Bertz CT molecular complexity index is 1050. The number of rotatable bonds is 7. The highest BCUT2D eigenvalue weighted by atomic mass is 32.2. The lowest BCUT2D eigenvalue weighted by Gasteiger charge is -2.19. The van der Waals surface area contributed by atoms with Crippen molar-refractivity contribution in [3.8, 4) is 5.75 Å². The molecule has 1 heterocycles. The lowest BCUT2D eigenvalue weighted by molar-refractivity contribution is 0.0636. The third kappa shape index (κ3) is 7.05. The fourth-order valence-electron chi connectivity index (χ4n) is 2.70. The lowest BCUT2D eigenvalue weighted by atomic mass is 10.2. The van der Waals surface area contributed by atoms with Crippen LogP contribution >= 0.6 is 11.8 Å². The molecular weight excluding hydrogens is 426 g/mol. The van der Waals surface area contributed by atoms with Crippen molar-refractivity contribution in [3.05, 3.63) is 54.7 Å². The summed E-state index contributed by atoms with van der Waals surface area (Å²) in [6, 6.07) is 14.9. The third-order valence-corrected chi connectivity index (χ3v) is 4.77. The van der Waals surface area contributed by atoms with Gasteiger partial charge in [0.1, 0.15) is 17.2 Å². The van der Waals surface area contributed by atoms with Crippen LogP contribution in [-0.2, 0) is 4.74 Å². The maximum absolute atomic E-state index is 11.9. The zero-order valence-corrected chi connectivity index (χ0v) is 19.5. The van der Waals surface area contributed by atoms with Crippen LogP contribution in [0.3, 0.4) is 0 Å². The number of ether oxygens (including phenoxy) is 2. The van der Waals surface area contributed by atoms with Crippen LogP contribution < -0.4 is 20.7 Å². The van der Waals surface area contributed by atoms with Gasteiger partial charge >= 0.3 is 6.09 Å². The maximum atomic E-state index is 11.9. The summed E-state index contributed by atoms with van der Waals surface area (Å²) in [6.45, 7) is 5.46. The minimum absolute atomic E-state index is 0.457. The number of anilines is 5. The largest absolute Gasteiger partial charge is 0.497 e. The fraction of sp³-hybridized carbons (Fsp3) is 0.261. The Morgan fingerprint density at radius 1 is 0.969 bits per heavy atom. The molecule has 0 aliphatic rings. The zero-order chi connectivity index (χ0) is 23.1. The molecule has 3 N–H and O–H groups in total. The number of benzene rings is 2. The topological polar surface area (TPSA) is 97.4 Å². The molecule has 0 radical (unpaired) electrons. The number of aromatic nitrogens is 2.